The molecule has 254 valence electrons. The minimum atomic E-state index is -4.43. The van der Waals surface area contributed by atoms with Gasteiger partial charge in [0.1, 0.15) is 18.4 Å². The van der Waals surface area contributed by atoms with Gasteiger partial charge in [0.25, 0.3) is 10.0 Å². The molecular weight excluding hydrogens is 657 g/mol. The molecule has 1 N–H and O–H groups in total. The fourth-order valence-corrected chi connectivity index (χ4v) is 6.58. The second-order valence-electron chi connectivity index (χ2n) is 11.5. The fourth-order valence-electron chi connectivity index (χ4n) is 5.03. The minimum Gasteiger partial charge on any atom is -0.493 e. The molecule has 0 aromatic heterocycles. The summed E-state index contributed by atoms with van der Waals surface area (Å²) in [5.41, 5.74) is 1.08. The maximum absolute atomic E-state index is 15.1. The Morgan fingerprint density at radius 2 is 1.52 bits per heavy atom. The van der Waals surface area contributed by atoms with Crippen LogP contribution < -0.4 is 19.1 Å². The lowest BCUT2D eigenvalue weighted by Gasteiger charge is -2.34. The van der Waals surface area contributed by atoms with Crippen molar-refractivity contribution >= 4 is 39.1 Å². The third kappa shape index (κ3) is 9.05. The molecule has 4 aromatic carbocycles. The van der Waals surface area contributed by atoms with Crippen molar-refractivity contribution in [3.63, 3.8) is 0 Å². The smallest absolute Gasteiger partial charge is 0.264 e. The monoisotopic (exact) mass is 695 g/mol. The predicted molar refractivity (Wildman–Crippen MR) is 184 cm³/mol. The Morgan fingerprint density at radius 3 is 2.15 bits per heavy atom. The highest BCUT2D eigenvalue weighted by atomic mass is 35.5. The zero-order valence-corrected chi connectivity index (χ0v) is 28.8. The Labute approximate surface area is 286 Å². The summed E-state index contributed by atoms with van der Waals surface area (Å²) in [7, 11) is -1.62. The van der Waals surface area contributed by atoms with Crippen LogP contribution in [0, 0.1) is 11.7 Å². The van der Waals surface area contributed by atoms with Crippen molar-refractivity contribution < 1.29 is 31.9 Å². The second-order valence-corrected chi connectivity index (χ2v) is 13.8. The van der Waals surface area contributed by atoms with Crippen molar-refractivity contribution in [2.45, 2.75) is 37.8 Å². The summed E-state index contributed by atoms with van der Waals surface area (Å²) < 4.78 is 55.3. The summed E-state index contributed by atoms with van der Waals surface area (Å²) in [6.07, 6.45) is 0.105. The fraction of sp³-hybridized carbons (Fsp3) is 0.278. The van der Waals surface area contributed by atoms with E-state index in [4.69, 9.17) is 21.1 Å². The highest BCUT2D eigenvalue weighted by molar-refractivity contribution is 7.92. The van der Waals surface area contributed by atoms with E-state index in [2.05, 4.69) is 5.32 Å². The summed E-state index contributed by atoms with van der Waals surface area (Å²) in [4.78, 5) is 29.5. The number of anilines is 1. The first-order valence-corrected chi connectivity index (χ1v) is 17.1. The number of carbonyl (C=O) groups excluding carboxylic acids is 2. The molecule has 0 heterocycles. The zero-order valence-electron chi connectivity index (χ0n) is 27.2. The number of carbonyl (C=O) groups is 2. The lowest BCUT2D eigenvalue weighted by Crippen LogP contribution is -2.53. The van der Waals surface area contributed by atoms with Crippen LogP contribution in [0.4, 0.5) is 10.1 Å². The quantitative estimate of drug-likeness (QED) is 0.161. The van der Waals surface area contributed by atoms with Gasteiger partial charge < -0.3 is 19.7 Å². The highest BCUT2D eigenvalue weighted by Gasteiger charge is 2.35. The number of benzene rings is 4. The van der Waals surface area contributed by atoms with E-state index in [1.165, 1.54) is 79.8 Å². The molecule has 0 aliphatic rings. The molecule has 4 aromatic rings. The molecule has 48 heavy (non-hydrogen) atoms. The molecule has 0 saturated carbocycles. The molecule has 0 aliphatic heterocycles. The molecule has 0 saturated heterocycles. The van der Waals surface area contributed by atoms with Gasteiger partial charge in [0.05, 0.1) is 24.8 Å². The Hall–Kier alpha value is -4.61. The van der Waals surface area contributed by atoms with Crippen LogP contribution in [0.5, 0.6) is 11.5 Å². The van der Waals surface area contributed by atoms with E-state index in [1.807, 2.05) is 44.2 Å². The molecule has 9 nitrogen and oxygen atoms in total. The van der Waals surface area contributed by atoms with Gasteiger partial charge in [0.2, 0.25) is 11.8 Å². The molecule has 0 bridgehead atoms. The van der Waals surface area contributed by atoms with Gasteiger partial charge in [-0.25, -0.2) is 12.8 Å². The van der Waals surface area contributed by atoms with Crippen LogP contribution in [0.3, 0.4) is 0 Å². The lowest BCUT2D eigenvalue weighted by molar-refractivity contribution is -0.140. The van der Waals surface area contributed by atoms with E-state index >= 15 is 4.39 Å². The Morgan fingerprint density at radius 1 is 0.875 bits per heavy atom. The van der Waals surface area contributed by atoms with E-state index in [0.717, 1.165) is 9.87 Å². The highest BCUT2D eigenvalue weighted by Crippen LogP contribution is 2.33. The van der Waals surface area contributed by atoms with Gasteiger partial charge in [0, 0.05) is 36.2 Å². The van der Waals surface area contributed by atoms with E-state index in [9.17, 15) is 18.0 Å². The van der Waals surface area contributed by atoms with E-state index in [-0.39, 0.29) is 40.8 Å². The van der Waals surface area contributed by atoms with Crippen LogP contribution >= 0.6 is 11.6 Å². The topological polar surface area (TPSA) is 105 Å². The number of halogens is 2. The molecule has 4 rings (SSSR count). The molecule has 12 heteroatoms. The van der Waals surface area contributed by atoms with Crippen molar-refractivity contribution in [1.29, 1.82) is 0 Å². The molecule has 1 atom stereocenters. The SMILES string of the molecule is COc1ccc(S(=O)(=O)N(CC(=O)N(Cc2ccccc2F)[C@@H](Cc2ccccc2)C(=O)NCC(C)C)c2ccc(Cl)cc2)cc1OC. The summed E-state index contributed by atoms with van der Waals surface area (Å²) in [5.74, 6) is -1.13. The molecule has 0 unspecified atom stereocenters. The number of methoxy groups -OCH3 is 2. The molecular formula is C36H39ClFN3O6S. The average Bonchev–Trinajstić information content (AvgIpc) is 3.08. The standard InChI is InChI=1S/C36H39ClFN3O6S/c1-25(2)22-39-36(43)32(20-26-10-6-5-7-11-26)40(23-27-12-8-9-13-31(27)38)35(42)24-41(29-16-14-28(37)15-17-29)48(44,45)30-18-19-33(46-3)34(21-30)47-4/h5-19,21,25,32H,20,22-24H2,1-4H3,(H,39,43)/t32-/m0/s1. The van der Waals surface area contributed by atoms with Gasteiger partial charge >= 0.3 is 0 Å². The Kier molecular flexibility index (Phi) is 12.4. The Balaban J connectivity index is 1.83. The predicted octanol–water partition coefficient (Wildman–Crippen LogP) is 6.10. The average molecular weight is 696 g/mol. The first-order valence-electron chi connectivity index (χ1n) is 15.3. The van der Waals surface area contributed by atoms with Gasteiger partial charge in [-0.2, -0.15) is 0 Å². The number of ether oxygens (including phenoxy) is 2. The number of sulfonamides is 1. The molecule has 0 spiro atoms. The second kappa shape index (κ2) is 16.5. The molecule has 0 fully saturated rings. The van der Waals surface area contributed by atoms with E-state index in [1.54, 1.807) is 6.07 Å². The molecule has 0 aliphatic carbocycles. The van der Waals surface area contributed by atoms with Gasteiger partial charge in [-0.05, 0) is 53.9 Å². The van der Waals surface area contributed by atoms with Gasteiger partial charge in [0.15, 0.2) is 11.5 Å². The maximum atomic E-state index is 15.1. The van der Waals surface area contributed by atoms with Crippen LogP contribution in [0.15, 0.2) is 102 Å². The number of rotatable bonds is 15. The van der Waals surface area contributed by atoms with Crippen LogP contribution in [-0.2, 0) is 32.6 Å². The summed E-state index contributed by atoms with van der Waals surface area (Å²) in [6.45, 7) is 3.23. The van der Waals surface area contributed by atoms with Gasteiger partial charge in [-0.3, -0.25) is 13.9 Å². The normalized spacial score (nSPS) is 11.9. The third-order valence-corrected chi connectivity index (χ3v) is 9.61. The maximum Gasteiger partial charge on any atom is 0.264 e. The molecule has 0 radical (unpaired) electrons. The molecule has 2 amide bonds. The van der Waals surface area contributed by atoms with Crippen molar-refractivity contribution in [2.75, 3.05) is 31.6 Å². The number of hydrogen-bond donors (Lipinski definition) is 1. The number of amides is 2. The number of hydrogen-bond acceptors (Lipinski definition) is 6. The summed E-state index contributed by atoms with van der Waals surface area (Å²) >= 11 is 6.13. The van der Waals surface area contributed by atoms with Crippen LogP contribution in [0.25, 0.3) is 0 Å². The lowest BCUT2D eigenvalue weighted by atomic mass is 10.0. The van der Waals surface area contributed by atoms with Gasteiger partial charge in [-0.1, -0.05) is 74.0 Å². The van der Waals surface area contributed by atoms with Crippen molar-refractivity contribution in [2.24, 2.45) is 5.92 Å². The van der Waals surface area contributed by atoms with Crippen LogP contribution in [-0.4, -0.2) is 58.5 Å². The van der Waals surface area contributed by atoms with Crippen LogP contribution in [0.2, 0.25) is 5.02 Å². The third-order valence-electron chi connectivity index (χ3n) is 7.59. The van der Waals surface area contributed by atoms with Gasteiger partial charge in [-0.15, -0.1) is 0 Å². The number of nitrogens with zero attached hydrogens (tertiary/aromatic N) is 2. The first kappa shape index (κ1) is 36.2. The van der Waals surface area contributed by atoms with Crippen molar-refractivity contribution in [3.8, 4) is 11.5 Å². The number of nitrogens with one attached hydrogen (secondary N) is 1. The Bertz CT molecular complexity index is 1810. The van der Waals surface area contributed by atoms with E-state index in [0.29, 0.717) is 17.3 Å². The van der Waals surface area contributed by atoms with Crippen molar-refractivity contribution in [1.82, 2.24) is 10.2 Å². The first-order chi connectivity index (χ1) is 22.9. The largest absolute Gasteiger partial charge is 0.493 e. The van der Waals surface area contributed by atoms with E-state index < -0.39 is 40.2 Å². The summed E-state index contributed by atoms with van der Waals surface area (Å²) in [6, 6.07) is 24.1. The summed E-state index contributed by atoms with van der Waals surface area (Å²) in [5, 5.41) is 3.27. The minimum absolute atomic E-state index is 0.105. The zero-order chi connectivity index (χ0) is 34.8. The van der Waals surface area contributed by atoms with Crippen molar-refractivity contribution in [3.05, 3.63) is 119 Å². The van der Waals surface area contributed by atoms with Crippen LogP contribution in [0.1, 0.15) is 25.0 Å².